The van der Waals surface area contributed by atoms with Gasteiger partial charge in [0.15, 0.2) is 0 Å². The van der Waals surface area contributed by atoms with Gasteiger partial charge in [0.05, 0.1) is 0 Å². The molecule has 2 heterocycles. The Labute approximate surface area is 130 Å². The van der Waals surface area contributed by atoms with Crippen LogP contribution < -0.4 is 10.6 Å². The van der Waals surface area contributed by atoms with E-state index in [1.54, 1.807) is 0 Å². The molecule has 1 fully saturated rings. The number of amides is 1. The van der Waals surface area contributed by atoms with Gasteiger partial charge in [-0.2, -0.15) is 0 Å². The molecule has 0 unspecified atom stereocenters. The molecule has 0 spiro atoms. The van der Waals surface area contributed by atoms with E-state index in [0.29, 0.717) is 11.6 Å². The van der Waals surface area contributed by atoms with Crippen molar-refractivity contribution in [1.82, 2.24) is 4.98 Å². The molecule has 0 radical (unpaired) electrons. The number of anilines is 2. The van der Waals surface area contributed by atoms with Gasteiger partial charge >= 0.3 is 0 Å². The van der Waals surface area contributed by atoms with Gasteiger partial charge in [0.25, 0.3) is 5.91 Å². The Kier molecular flexibility index (Phi) is 3.10. The molecule has 22 heavy (non-hydrogen) atoms. The highest BCUT2D eigenvalue weighted by atomic mass is 16.2. The topological polar surface area (TPSA) is 59.2 Å². The number of nitrogens with zero attached hydrogens (tertiary/aromatic N) is 2. The van der Waals surface area contributed by atoms with Crippen molar-refractivity contribution < 1.29 is 4.79 Å². The van der Waals surface area contributed by atoms with Crippen LogP contribution in [0.5, 0.6) is 0 Å². The summed E-state index contributed by atoms with van der Waals surface area (Å²) in [5, 5.41) is 0. The molecular formula is C18H19N3O. The number of carbonyl (C=O) groups is 1. The molecule has 4 rings (SSSR count). The number of carbonyl (C=O) groups excluding carboxylic acids is 1. The molecule has 1 amide bonds. The largest absolute Gasteiger partial charge is 0.398 e. The van der Waals surface area contributed by atoms with Crippen molar-refractivity contribution in [3.63, 3.8) is 0 Å². The second-order valence-corrected chi connectivity index (χ2v) is 6.16. The van der Waals surface area contributed by atoms with Crippen LogP contribution in [-0.4, -0.2) is 17.4 Å². The minimum atomic E-state index is -0.0334. The number of fused-ring (bicyclic) bond motifs is 1. The molecule has 2 N–H and O–H groups in total. The van der Waals surface area contributed by atoms with Crippen molar-refractivity contribution in [3.05, 3.63) is 53.3 Å². The number of hydrogen-bond acceptors (Lipinski definition) is 3. The van der Waals surface area contributed by atoms with Crippen molar-refractivity contribution in [2.45, 2.75) is 31.6 Å². The van der Waals surface area contributed by atoms with Crippen molar-refractivity contribution in [2.75, 3.05) is 17.2 Å². The van der Waals surface area contributed by atoms with Gasteiger partial charge in [-0.3, -0.25) is 9.78 Å². The Hall–Kier alpha value is -2.36. The number of nitrogen functional groups attached to an aromatic ring is 1. The molecule has 1 aliphatic carbocycles. The molecule has 1 aliphatic heterocycles. The molecule has 4 nitrogen and oxygen atoms in total. The first-order chi connectivity index (χ1) is 10.7. The standard InChI is InChI=1S/C18H19N3O/c19-15-4-1-5-17-14(15)3-2-10-21(17)18(22)16-9-8-13(11-20-16)12-6-7-12/h1,4-5,8-9,11-12H,2-3,6-7,10,19H2. The van der Waals surface area contributed by atoms with E-state index in [1.165, 1.54) is 18.4 Å². The maximum atomic E-state index is 12.8. The SMILES string of the molecule is Nc1cccc2c1CCCN2C(=O)c1ccc(C2CC2)cn1. The first-order valence-electron chi connectivity index (χ1n) is 7.89. The maximum Gasteiger partial charge on any atom is 0.276 e. The average molecular weight is 293 g/mol. The first-order valence-corrected chi connectivity index (χ1v) is 7.89. The van der Waals surface area contributed by atoms with E-state index in [-0.39, 0.29) is 5.91 Å². The number of pyridine rings is 1. The fourth-order valence-electron chi connectivity index (χ4n) is 3.19. The third-order valence-corrected chi connectivity index (χ3v) is 4.59. The molecule has 1 saturated carbocycles. The van der Waals surface area contributed by atoms with Gasteiger partial charge in [-0.05, 0) is 60.9 Å². The minimum absolute atomic E-state index is 0.0334. The van der Waals surface area contributed by atoms with Gasteiger partial charge in [-0.15, -0.1) is 0 Å². The Morgan fingerprint density at radius 1 is 1.23 bits per heavy atom. The molecule has 4 heteroatoms. The third-order valence-electron chi connectivity index (χ3n) is 4.59. The van der Waals surface area contributed by atoms with E-state index in [4.69, 9.17) is 5.73 Å². The summed E-state index contributed by atoms with van der Waals surface area (Å²) in [5.41, 5.74) is 10.6. The van der Waals surface area contributed by atoms with Crippen LogP contribution in [0.25, 0.3) is 0 Å². The quantitative estimate of drug-likeness (QED) is 0.865. The minimum Gasteiger partial charge on any atom is -0.398 e. The average Bonchev–Trinajstić information content (AvgIpc) is 3.39. The van der Waals surface area contributed by atoms with Crippen molar-refractivity contribution in [3.8, 4) is 0 Å². The van der Waals surface area contributed by atoms with Crippen LogP contribution in [0.3, 0.4) is 0 Å². The lowest BCUT2D eigenvalue weighted by Gasteiger charge is -2.30. The Balaban J connectivity index is 1.64. The molecule has 1 aromatic heterocycles. The van der Waals surface area contributed by atoms with E-state index < -0.39 is 0 Å². The molecule has 0 saturated heterocycles. The van der Waals surface area contributed by atoms with Crippen LogP contribution in [-0.2, 0) is 6.42 Å². The fourth-order valence-corrected chi connectivity index (χ4v) is 3.19. The summed E-state index contributed by atoms with van der Waals surface area (Å²) in [6, 6.07) is 9.68. The number of nitrogens with two attached hydrogens (primary N) is 1. The summed E-state index contributed by atoms with van der Waals surface area (Å²) < 4.78 is 0. The summed E-state index contributed by atoms with van der Waals surface area (Å²) in [6.45, 7) is 0.724. The van der Waals surface area contributed by atoms with E-state index in [0.717, 1.165) is 36.3 Å². The first kappa shape index (κ1) is 13.3. The molecule has 2 aromatic rings. The molecule has 0 bridgehead atoms. The Morgan fingerprint density at radius 3 is 2.82 bits per heavy atom. The predicted molar refractivity (Wildman–Crippen MR) is 87.1 cm³/mol. The van der Waals surface area contributed by atoms with Crippen LogP contribution >= 0.6 is 0 Å². The van der Waals surface area contributed by atoms with Crippen LogP contribution in [0, 0.1) is 0 Å². The maximum absolute atomic E-state index is 12.8. The number of aromatic nitrogens is 1. The predicted octanol–water partition coefficient (Wildman–Crippen LogP) is 3.13. The normalized spacial score (nSPS) is 17.2. The summed E-state index contributed by atoms with van der Waals surface area (Å²) in [7, 11) is 0. The van der Waals surface area contributed by atoms with Crippen LogP contribution in [0.1, 0.15) is 46.8 Å². The van der Waals surface area contributed by atoms with Crippen molar-refractivity contribution in [1.29, 1.82) is 0 Å². The van der Waals surface area contributed by atoms with Crippen LogP contribution in [0.4, 0.5) is 11.4 Å². The molecule has 1 aromatic carbocycles. The summed E-state index contributed by atoms with van der Waals surface area (Å²) in [4.78, 5) is 19.0. The van der Waals surface area contributed by atoms with E-state index in [2.05, 4.69) is 4.98 Å². The van der Waals surface area contributed by atoms with Gasteiger partial charge < -0.3 is 10.6 Å². The van der Waals surface area contributed by atoms with Crippen molar-refractivity contribution in [2.24, 2.45) is 0 Å². The second kappa shape index (κ2) is 5.13. The van der Waals surface area contributed by atoms with E-state index in [1.807, 2.05) is 41.4 Å². The highest BCUT2D eigenvalue weighted by Crippen LogP contribution is 2.39. The Morgan fingerprint density at radius 2 is 2.09 bits per heavy atom. The molecule has 2 aliphatic rings. The zero-order valence-electron chi connectivity index (χ0n) is 12.5. The summed E-state index contributed by atoms with van der Waals surface area (Å²) in [6.07, 6.45) is 6.21. The molecule has 112 valence electrons. The summed E-state index contributed by atoms with van der Waals surface area (Å²) in [5.74, 6) is 0.626. The third kappa shape index (κ3) is 2.25. The lowest BCUT2D eigenvalue weighted by Crippen LogP contribution is -2.36. The summed E-state index contributed by atoms with van der Waals surface area (Å²) >= 11 is 0. The van der Waals surface area contributed by atoms with Gasteiger partial charge in [0.2, 0.25) is 0 Å². The number of benzene rings is 1. The van der Waals surface area contributed by atoms with Gasteiger partial charge in [-0.25, -0.2) is 0 Å². The second-order valence-electron chi connectivity index (χ2n) is 6.16. The number of hydrogen-bond donors (Lipinski definition) is 1. The van der Waals surface area contributed by atoms with Gasteiger partial charge in [0, 0.05) is 24.1 Å². The lowest BCUT2D eigenvalue weighted by molar-refractivity contribution is 0.0980. The highest BCUT2D eigenvalue weighted by molar-refractivity contribution is 6.05. The van der Waals surface area contributed by atoms with Crippen LogP contribution in [0.2, 0.25) is 0 Å². The van der Waals surface area contributed by atoms with Crippen LogP contribution in [0.15, 0.2) is 36.5 Å². The zero-order chi connectivity index (χ0) is 15.1. The molecule has 0 atom stereocenters. The molecular weight excluding hydrogens is 274 g/mol. The lowest BCUT2D eigenvalue weighted by atomic mass is 9.99. The highest BCUT2D eigenvalue weighted by Gasteiger charge is 2.27. The zero-order valence-corrected chi connectivity index (χ0v) is 12.5. The van der Waals surface area contributed by atoms with E-state index in [9.17, 15) is 4.79 Å². The monoisotopic (exact) mass is 293 g/mol. The smallest absolute Gasteiger partial charge is 0.276 e. The van der Waals surface area contributed by atoms with Gasteiger partial charge in [0.1, 0.15) is 5.69 Å². The Bertz CT molecular complexity index is 720. The van der Waals surface area contributed by atoms with E-state index >= 15 is 0 Å². The fraction of sp³-hybridized carbons (Fsp3) is 0.333. The van der Waals surface area contributed by atoms with Gasteiger partial charge in [-0.1, -0.05) is 12.1 Å². The van der Waals surface area contributed by atoms with Crippen molar-refractivity contribution >= 4 is 17.3 Å². The number of rotatable bonds is 2.